The number of pyridine rings is 2. The Hall–Kier alpha value is -4.06. The highest BCUT2D eigenvalue weighted by Crippen LogP contribution is 2.22. The number of aromatic nitrogens is 2. The average molecular weight is 396 g/mol. The molecule has 2 N–H and O–H groups in total. The summed E-state index contributed by atoms with van der Waals surface area (Å²) in [6, 6.07) is 18.2. The predicted octanol–water partition coefficient (Wildman–Crippen LogP) is 4.75. The summed E-state index contributed by atoms with van der Waals surface area (Å²) in [4.78, 5) is 34.0. The number of nitrogens with one attached hydrogen (secondary N) is 2. The third kappa shape index (κ3) is 3.89. The fourth-order valence-electron chi connectivity index (χ4n) is 3.28. The van der Waals surface area contributed by atoms with Crippen LogP contribution in [0.25, 0.3) is 10.9 Å². The average Bonchev–Trinajstić information content (AvgIpc) is 2.76. The van der Waals surface area contributed by atoms with Crippen molar-refractivity contribution in [1.29, 1.82) is 0 Å². The molecular formula is C24H20N4O2. The van der Waals surface area contributed by atoms with Crippen LogP contribution in [0.1, 0.15) is 32.0 Å². The van der Waals surface area contributed by atoms with Gasteiger partial charge in [0.05, 0.1) is 11.2 Å². The Labute approximate surface area is 174 Å². The van der Waals surface area contributed by atoms with Gasteiger partial charge in [0.15, 0.2) is 0 Å². The lowest BCUT2D eigenvalue weighted by Gasteiger charge is -2.12. The Balaban J connectivity index is 1.57. The number of hydrogen-bond donors (Lipinski definition) is 2. The summed E-state index contributed by atoms with van der Waals surface area (Å²) in [5.74, 6) is -0.703. The molecule has 4 aromatic rings. The van der Waals surface area contributed by atoms with Crippen LogP contribution in [0, 0.1) is 13.8 Å². The van der Waals surface area contributed by atoms with Gasteiger partial charge in [-0.15, -0.1) is 0 Å². The van der Waals surface area contributed by atoms with Gasteiger partial charge >= 0.3 is 0 Å². The SMILES string of the molecule is Cc1cccc(C)c1NC(=O)c1cc(C(=O)Nc2cccc3cccnc23)ccn1. The smallest absolute Gasteiger partial charge is 0.274 e. The van der Waals surface area contributed by atoms with Crippen LogP contribution in [0.15, 0.2) is 73.1 Å². The first-order chi connectivity index (χ1) is 14.5. The van der Waals surface area contributed by atoms with Crippen LogP contribution < -0.4 is 10.6 Å². The number of carbonyl (C=O) groups is 2. The van der Waals surface area contributed by atoms with Gasteiger partial charge in [-0.2, -0.15) is 0 Å². The van der Waals surface area contributed by atoms with Crippen LogP contribution >= 0.6 is 0 Å². The first kappa shape index (κ1) is 19.3. The first-order valence-electron chi connectivity index (χ1n) is 9.51. The highest BCUT2D eigenvalue weighted by molar-refractivity contribution is 6.10. The van der Waals surface area contributed by atoms with E-state index < -0.39 is 0 Å². The lowest BCUT2D eigenvalue weighted by atomic mass is 10.1. The van der Waals surface area contributed by atoms with E-state index in [0.717, 1.165) is 22.2 Å². The Bertz CT molecular complexity index is 1240. The minimum atomic E-state index is -0.367. The number of benzene rings is 2. The molecule has 0 saturated carbocycles. The van der Waals surface area contributed by atoms with Gasteiger partial charge in [-0.05, 0) is 49.2 Å². The third-order valence-electron chi connectivity index (χ3n) is 4.86. The zero-order chi connectivity index (χ0) is 21.1. The fraction of sp³-hybridized carbons (Fsp3) is 0.0833. The monoisotopic (exact) mass is 396 g/mol. The van der Waals surface area contributed by atoms with E-state index in [2.05, 4.69) is 20.6 Å². The van der Waals surface area contributed by atoms with Gasteiger partial charge in [-0.3, -0.25) is 19.6 Å². The van der Waals surface area contributed by atoms with Gasteiger partial charge in [0.1, 0.15) is 5.69 Å². The lowest BCUT2D eigenvalue weighted by Crippen LogP contribution is -2.18. The van der Waals surface area contributed by atoms with E-state index in [9.17, 15) is 9.59 Å². The van der Waals surface area contributed by atoms with E-state index in [1.54, 1.807) is 18.3 Å². The van der Waals surface area contributed by atoms with Crippen molar-refractivity contribution in [1.82, 2.24) is 9.97 Å². The van der Waals surface area contributed by atoms with Gasteiger partial charge in [0, 0.05) is 29.0 Å². The highest BCUT2D eigenvalue weighted by Gasteiger charge is 2.15. The van der Waals surface area contributed by atoms with Gasteiger partial charge < -0.3 is 10.6 Å². The van der Waals surface area contributed by atoms with Gasteiger partial charge in [0.2, 0.25) is 0 Å². The normalized spacial score (nSPS) is 10.6. The molecule has 6 nitrogen and oxygen atoms in total. The van der Waals surface area contributed by atoms with Crippen molar-refractivity contribution in [2.75, 3.05) is 10.6 Å². The maximum Gasteiger partial charge on any atom is 0.274 e. The second kappa shape index (κ2) is 8.13. The Kier molecular flexibility index (Phi) is 5.22. The molecule has 4 rings (SSSR count). The number of carbonyl (C=O) groups excluding carboxylic acids is 2. The summed E-state index contributed by atoms with van der Waals surface area (Å²) in [5.41, 5.74) is 4.49. The molecule has 0 aliphatic carbocycles. The molecule has 0 fully saturated rings. The molecule has 6 heteroatoms. The molecule has 0 aliphatic rings. The summed E-state index contributed by atoms with van der Waals surface area (Å²) in [6.07, 6.45) is 3.14. The Morgan fingerprint density at radius 2 is 1.50 bits per heavy atom. The van der Waals surface area contributed by atoms with Crippen LogP contribution in [-0.4, -0.2) is 21.8 Å². The van der Waals surface area contributed by atoms with Crippen LogP contribution in [0.5, 0.6) is 0 Å². The van der Waals surface area contributed by atoms with E-state index in [0.29, 0.717) is 16.8 Å². The van der Waals surface area contributed by atoms with Crippen LogP contribution in [-0.2, 0) is 0 Å². The molecule has 30 heavy (non-hydrogen) atoms. The molecule has 0 unspecified atom stereocenters. The molecule has 2 amide bonds. The molecule has 2 heterocycles. The number of nitrogens with zero attached hydrogens (tertiary/aromatic N) is 2. The number of fused-ring (bicyclic) bond motifs is 1. The Morgan fingerprint density at radius 3 is 2.30 bits per heavy atom. The molecule has 0 saturated heterocycles. The lowest BCUT2D eigenvalue weighted by molar-refractivity contribution is 0.102. The molecular weight excluding hydrogens is 376 g/mol. The van der Waals surface area contributed by atoms with Gasteiger partial charge in [-0.1, -0.05) is 36.4 Å². The molecule has 148 valence electrons. The summed E-state index contributed by atoms with van der Waals surface area (Å²) >= 11 is 0. The minimum absolute atomic E-state index is 0.168. The van der Waals surface area contributed by atoms with E-state index in [1.807, 2.05) is 56.3 Å². The van der Waals surface area contributed by atoms with Crippen LogP contribution in [0.2, 0.25) is 0 Å². The minimum Gasteiger partial charge on any atom is -0.320 e. The van der Waals surface area contributed by atoms with E-state index >= 15 is 0 Å². The van der Waals surface area contributed by atoms with Gasteiger partial charge in [-0.25, -0.2) is 0 Å². The highest BCUT2D eigenvalue weighted by atomic mass is 16.2. The summed E-state index contributed by atoms with van der Waals surface area (Å²) in [6.45, 7) is 3.86. The van der Waals surface area contributed by atoms with Crippen molar-refractivity contribution in [3.63, 3.8) is 0 Å². The predicted molar refractivity (Wildman–Crippen MR) is 118 cm³/mol. The Morgan fingerprint density at radius 1 is 0.767 bits per heavy atom. The molecule has 2 aromatic carbocycles. The topological polar surface area (TPSA) is 84.0 Å². The van der Waals surface area contributed by atoms with Crippen LogP contribution in [0.4, 0.5) is 11.4 Å². The van der Waals surface area contributed by atoms with E-state index in [-0.39, 0.29) is 17.5 Å². The van der Waals surface area contributed by atoms with Crippen molar-refractivity contribution < 1.29 is 9.59 Å². The number of hydrogen-bond acceptors (Lipinski definition) is 4. The second-order valence-corrected chi connectivity index (χ2v) is 6.99. The maximum absolute atomic E-state index is 12.8. The number of para-hydroxylation sites is 2. The number of anilines is 2. The second-order valence-electron chi connectivity index (χ2n) is 6.99. The number of rotatable bonds is 4. The van der Waals surface area contributed by atoms with E-state index in [1.165, 1.54) is 12.3 Å². The first-order valence-corrected chi connectivity index (χ1v) is 9.51. The van der Waals surface area contributed by atoms with E-state index in [4.69, 9.17) is 0 Å². The van der Waals surface area contributed by atoms with Crippen LogP contribution in [0.3, 0.4) is 0 Å². The third-order valence-corrected chi connectivity index (χ3v) is 4.86. The maximum atomic E-state index is 12.8. The molecule has 0 spiro atoms. The van der Waals surface area contributed by atoms with Crippen molar-refractivity contribution in [3.05, 3.63) is 95.4 Å². The largest absolute Gasteiger partial charge is 0.320 e. The standard InChI is InChI=1S/C24H20N4O2/c1-15-6-3-7-16(2)21(15)28-24(30)20-14-18(11-13-25-20)23(29)27-19-10-4-8-17-9-5-12-26-22(17)19/h3-14H,1-2H3,(H,27,29)(H,28,30). The summed E-state index contributed by atoms with van der Waals surface area (Å²) in [5, 5.41) is 6.70. The molecule has 0 aliphatic heterocycles. The van der Waals surface area contributed by atoms with Crippen molar-refractivity contribution in [2.45, 2.75) is 13.8 Å². The quantitative estimate of drug-likeness (QED) is 0.521. The van der Waals surface area contributed by atoms with Crippen molar-refractivity contribution in [3.8, 4) is 0 Å². The molecule has 0 radical (unpaired) electrons. The molecule has 2 aromatic heterocycles. The number of amides is 2. The number of aryl methyl sites for hydroxylation is 2. The zero-order valence-corrected chi connectivity index (χ0v) is 16.6. The molecule has 0 atom stereocenters. The summed E-state index contributed by atoms with van der Waals surface area (Å²) < 4.78 is 0. The van der Waals surface area contributed by atoms with Gasteiger partial charge in [0.25, 0.3) is 11.8 Å². The zero-order valence-electron chi connectivity index (χ0n) is 16.6. The molecule has 0 bridgehead atoms. The van der Waals surface area contributed by atoms with Crippen molar-refractivity contribution >= 4 is 34.1 Å². The summed E-state index contributed by atoms with van der Waals surface area (Å²) in [7, 11) is 0. The van der Waals surface area contributed by atoms with Crippen molar-refractivity contribution in [2.24, 2.45) is 0 Å². The fourth-order valence-corrected chi connectivity index (χ4v) is 3.28.